The maximum atomic E-state index is 13.4. The zero-order valence-corrected chi connectivity index (χ0v) is 9.74. The highest BCUT2D eigenvalue weighted by Crippen LogP contribution is 2.25. The highest BCUT2D eigenvalue weighted by atomic mass is 19.1. The SMILES string of the molecule is COC1CCC(Nc2ccc(C#N)c(F)c2)C1. The van der Waals surface area contributed by atoms with Gasteiger partial charge in [0.15, 0.2) is 0 Å². The molecule has 2 atom stereocenters. The molecule has 0 bridgehead atoms. The molecule has 1 aromatic carbocycles. The van der Waals surface area contributed by atoms with Crippen LogP contribution in [0.25, 0.3) is 0 Å². The molecule has 1 aliphatic carbocycles. The first-order valence-electron chi connectivity index (χ1n) is 5.72. The third kappa shape index (κ3) is 2.75. The molecular weight excluding hydrogens is 219 g/mol. The van der Waals surface area contributed by atoms with Gasteiger partial charge < -0.3 is 10.1 Å². The third-order valence-electron chi connectivity index (χ3n) is 3.18. The van der Waals surface area contributed by atoms with Gasteiger partial charge in [-0.25, -0.2) is 4.39 Å². The Morgan fingerprint density at radius 3 is 2.88 bits per heavy atom. The van der Waals surface area contributed by atoms with Gasteiger partial charge in [-0.05, 0) is 37.5 Å². The number of rotatable bonds is 3. The Morgan fingerprint density at radius 1 is 1.47 bits per heavy atom. The summed E-state index contributed by atoms with van der Waals surface area (Å²) in [6.07, 6.45) is 3.31. The molecule has 2 rings (SSSR count). The maximum Gasteiger partial charge on any atom is 0.143 e. The molecule has 4 heteroatoms. The van der Waals surface area contributed by atoms with Crippen molar-refractivity contribution >= 4 is 5.69 Å². The molecule has 0 aliphatic heterocycles. The van der Waals surface area contributed by atoms with E-state index in [0.717, 1.165) is 24.9 Å². The summed E-state index contributed by atoms with van der Waals surface area (Å²) in [7, 11) is 1.72. The van der Waals surface area contributed by atoms with Crippen LogP contribution in [0.5, 0.6) is 0 Å². The van der Waals surface area contributed by atoms with Crippen molar-refractivity contribution in [2.24, 2.45) is 0 Å². The monoisotopic (exact) mass is 234 g/mol. The highest BCUT2D eigenvalue weighted by molar-refractivity contribution is 5.48. The summed E-state index contributed by atoms with van der Waals surface area (Å²) >= 11 is 0. The average molecular weight is 234 g/mol. The maximum absolute atomic E-state index is 13.4. The van der Waals surface area contributed by atoms with Crippen LogP contribution < -0.4 is 5.32 Å². The van der Waals surface area contributed by atoms with Gasteiger partial charge in [-0.15, -0.1) is 0 Å². The minimum Gasteiger partial charge on any atom is -0.382 e. The second kappa shape index (κ2) is 5.15. The van der Waals surface area contributed by atoms with Gasteiger partial charge in [0.2, 0.25) is 0 Å². The number of ether oxygens (including phenoxy) is 1. The van der Waals surface area contributed by atoms with E-state index in [-0.39, 0.29) is 5.56 Å². The van der Waals surface area contributed by atoms with Crippen molar-refractivity contribution in [2.45, 2.75) is 31.4 Å². The number of nitrogens with one attached hydrogen (secondary N) is 1. The second-order valence-electron chi connectivity index (χ2n) is 4.32. The minimum absolute atomic E-state index is 0.0803. The fraction of sp³-hybridized carbons (Fsp3) is 0.462. The predicted molar refractivity (Wildman–Crippen MR) is 63.2 cm³/mol. The van der Waals surface area contributed by atoms with Gasteiger partial charge in [0, 0.05) is 18.8 Å². The van der Waals surface area contributed by atoms with Crippen molar-refractivity contribution in [3.8, 4) is 6.07 Å². The molecule has 0 spiro atoms. The molecule has 2 unspecified atom stereocenters. The summed E-state index contributed by atoms with van der Waals surface area (Å²) in [6.45, 7) is 0. The largest absolute Gasteiger partial charge is 0.382 e. The summed E-state index contributed by atoms with van der Waals surface area (Å²) < 4.78 is 18.7. The number of hydrogen-bond donors (Lipinski definition) is 1. The van der Waals surface area contributed by atoms with E-state index < -0.39 is 5.82 Å². The zero-order chi connectivity index (χ0) is 12.3. The Morgan fingerprint density at radius 2 is 2.29 bits per heavy atom. The number of benzene rings is 1. The normalized spacial score (nSPS) is 23.4. The van der Waals surface area contributed by atoms with Crippen LogP contribution in [0.2, 0.25) is 0 Å². The fourth-order valence-corrected chi connectivity index (χ4v) is 2.22. The Labute approximate surface area is 100 Å². The van der Waals surface area contributed by atoms with Crippen molar-refractivity contribution in [1.82, 2.24) is 0 Å². The standard InChI is InChI=1S/C13H15FN2O/c1-17-12-5-4-10(6-12)16-11-3-2-9(8-15)13(14)7-11/h2-3,7,10,12,16H,4-6H2,1H3. The number of nitrogens with zero attached hydrogens (tertiary/aromatic N) is 1. The fourth-order valence-electron chi connectivity index (χ4n) is 2.22. The minimum atomic E-state index is -0.473. The second-order valence-corrected chi connectivity index (χ2v) is 4.32. The highest BCUT2D eigenvalue weighted by Gasteiger charge is 2.24. The van der Waals surface area contributed by atoms with E-state index in [1.165, 1.54) is 12.1 Å². The summed E-state index contributed by atoms with van der Waals surface area (Å²) in [6, 6.07) is 6.75. The molecule has 1 saturated carbocycles. The summed E-state index contributed by atoms with van der Waals surface area (Å²) in [4.78, 5) is 0. The molecule has 0 heterocycles. The summed E-state index contributed by atoms with van der Waals surface area (Å²) in [5.74, 6) is -0.473. The number of methoxy groups -OCH3 is 1. The Hall–Kier alpha value is -1.60. The topological polar surface area (TPSA) is 45.0 Å². The van der Waals surface area contributed by atoms with Gasteiger partial charge in [0.1, 0.15) is 11.9 Å². The number of nitriles is 1. The van der Waals surface area contributed by atoms with Gasteiger partial charge in [-0.2, -0.15) is 5.26 Å². The van der Waals surface area contributed by atoms with Crippen molar-refractivity contribution < 1.29 is 9.13 Å². The number of hydrogen-bond acceptors (Lipinski definition) is 3. The Bertz CT molecular complexity index is 442. The quantitative estimate of drug-likeness (QED) is 0.874. The van der Waals surface area contributed by atoms with E-state index in [9.17, 15) is 4.39 Å². The molecule has 90 valence electrons. The predicted octanol–water partition coefficient (Wildman–Crippen LogP) is 2.68. The van der Waals surface area contributed by atoms with Crippen LogP contribution in [-0.2, 0) is 4.74 Å². The van der Waals surface area contributed by atoms with Crippen LogP contribution in [0.3, 0.4) is 0 Å². The molecule has 17 heavy (non-hydrogen) atoms. The molecule has 1 aromatic rings. The molecule has 0 amide bonds. The lowest BCUT2D eigenvalue weighted by Gasteiger charge is -2.14. The van der Waals surface area contributed by atoms with E-state index >= 15 is 0 Å². The first-order valence-corrected chi connectivity index (χ1v) is 5.72. The van der Waals surface area contributed by atoms with E-state index in [1.807, 2.05) is 6.07 Å². The van der Waals surface area contributed by atoms with E-state index in [4.69, 9.17) is 10.00 Å². The van der Waals surface area contributed by atoms with Gasteiger partial charge in [-0.1, -0.05) is 0 Å². The molecule has 1 fully saturated rings. The zero-order valence-electron chi connectivity index (χ0n) is 9.74. The van der Waals surface area contributed by atoms with E-state index in [1.54, 1.807) is 13.2 Å². The van der Waals surface area contributed by atoms with Crippen molar-refractivity contribution in [1.29, 1.82) is 5.26 Å². The third-order valence-corrected chi connectivity index (χ3v) is 3.18. The van der Waals surface area contributed by atoms with Crippen molar-refractivity contribution in [3.63, 3.8) is 0 Å². The molecule has 1 N–H and O–H groups in total. The van der Waals surface area contributed by atoms with Gasteiger partial charge in [0.05, 0.1) is 11.7 Å². The van der Waals surface area contributed by atoms with Crippen molar-refractivity contribution in [2.75, 3.05) is 12.4 Å². The number of halogens is 1. The van der Waals surface area contributed by atoms with E-state index in [0.29, 0.717) is 12.1 Å². The first kappa shape index (κ1) is 11.9. The molecule has 1 aliphatic rings. The lowest BCUT2D eigenvalue weighted by molar-refractivity contribution is 0.108. The first-order chi connectivity index (χ1) is 8.22. The lowest BCUT2D eigenvalue weighted by atomic mass is 10.2. The average Bonchev–Trinajstić information content (AvgIpc) is 2.77. The van der Waals surface area contributed by atoms with Crippen LogP contribution in [0.4, 0.5) is 10.1 Å². The molecule has 0 aromatic heterocycles. The molecule has 0 radical (unpaired) electrons. The Kier molecular flexibility index (Phi) is 3.60. The summed E-state index contributed by atoms with van der Waals surface area (Å²) in [5.41, 5.74) is 0.806. The smallest absolute Gasteiger partial charge is 0.143 e. The van der Waals surface area contributed by atoms with E-state index in [2.05, 4.69) is 5.32 Å². The van der Waals surface area contributed by atoms with Crippen molar-refractivity contribution in [3.05, 3.63) is 29.6 Å². The Balaban J connectivity index is 2.00. The van der Waals surface area contributed by atoms with Gasteiger partial charge >= 0.3 is 0 Å². The van der Waals surface area contributed by atoms with Crippen LogP contribution in [0, 0.1) is 17.1 Å². The van der Waals surface area contributed by atoms with Gasteiger partial charge in [-0.3, -0.25) is 0 Å². The molecule has 3 nitrogen and oxygen atoms in total. The van der Waals surface area contributed by atoms with Crippen LogP contribution in [0.15, 0.2) is 18.2 Å². The van der Waals surface area contributed by atoms with Crippen LogP contribution in [0.1, 0.15) is 24.8 Å². The molecular formula is C13H15FN2O. The lowest BCUT2D eigenvalue weighted by Crippen LogP contribution is -2.17. The van der Waals surface area contributed by atoms with Gasteiger partial charge in [0.25, 0.3) is 0 Å². The van der Waals surface area contributed by atoms with Crippen LogP contribution in [-0.4, -0.2) is 19.3 Å². The van der Waals surface area contributed by atoms with Crippen LogP contribution >= 0.6 is 0 Å². The summed E-state index contributed by atoms with van der Waals surface area (Å²) in [5, 5.41) is 11.9. The number of anilines is 1. The molecule has 0 saturated heterocycles.